The lowest BCUT2D eigenvalue weighted by atomic mass is 10.0. The molecule has 2 heterocycles. The van der Waals surface area contributed by atoms with Crippen LogP contribution in [0.15, 0.2) is 42.5 Å². The molecule has 2 aromatic heterocycles. The van der Waals surface area contributed by atoms with Gasteiger partial charge in [-0.25, -0.2) is 4.98 Å². The first-order valence-electron chi connectivity index (χ1n) is 7.39. The van der Waals surface area contributed by atoms with Gasteiger partial charge in [0.15, 0.2) is 0 Å². The number of benzene rings is 1. The zero-order valence-electron chi connectivity index (χ0n) is 12.8. The minimum Gasteiger partial charge on any atom is -0.325 e. The van der Waals surface area contributed by atoms with Crippen molar-refractivity contribution in [1.29, 1.82) is 0 Å². The van der Waals surface area contributed by atoms with Crippen molar-refractivity contribution in [3.05, 3.63) is 59.4 Å². The highest BCUT2D eigenvalue weighted by Gasteiger charge is 2.14. The zero-order valence-corrected chi connectivity index (χ0v) is 12.8. The van der Waals surface area contributed by atoms with Crippen molar-refractivity contribution < 1.29 is 0 Å². The fourth-order valence-corrected chi connectivity index (χ4v) is 2.77. The first kappa shape index (κ1) is 13.8. The first-order chi connectivity index (χ1) is 10.1. The van der Waals surface area contributed by atoms with E-state index in [-0.39, 0.29) is 0 Å². The van der Waals surface area contributed by atoms with Gasteiger partial charge >= 0.3 is 0 Å². The van der Waals surface area contributed by atoms with Gasteiger partial charge in [-0.1, -0.05) is 44.2 Å². The molecule has 21 heavy (non-hydrogen) atoms. The maximum atomic E-state index is 5.98. The third-order valence-electron chi connectivity index (χ3n) is 3.98. The molecule has 3 rings (SSSR count). The van der Waals surface area contributed by atoms with Crippen LogP contribution in [0.2, 0.25) is 0 Å². The summed E-state index contributed by atoms with van der Waals surface area (Å²) in [6.07, 6.45) is 0. The number of hydrogen-bond acceptors (Lipinski definition) is 2. The lowest BCUT2D eigenvalue weighted by molar-refractivity contribution is 0.867. The number of nitrogens with two attached hydrogens (primary N) is 1. The van der Waals surface area contributed by atoms with Crippen LogP contribution < -0.4 is 5.73 Å². The number of imidazole rings is 1. The fraction of sp³-hybridized carbons (Fsp3) is 0.278. The maximum absolute atomic E-state index is 5.98. The monoisotopic (exact) mass is 279 g/mol. The smallest absolute Gasteiger partial charge is 0.137 e. The van der Waals surface area contributed by atoms with Gasteiger partial charge in [-0.05, 0) is 30.5 Å². The molecule has 0 radical (unpaired) electrons. The lowest BCUT2D eigenvalue weighted by Crippen LogP contribution is -2.04. The van der Waals surface area contributed by atoms with Crippen molar-refractivity contribution in [1.82, 2.24) is 9.38 Å². The molecular weight excluding hydrogens is 258 g/mol. The van der Waals surface area contributed by atoms with Gasteiger partial charge in [0.25, 0.3) is 0 Å². The van der Waals surface area contributed by atoms with Crippen LogP contribution >= 0.6 is 0 Å². The van der Waals surface area contributed by atoms with E-state index in [0.717, 1.165) is 28.3 Å². The van der Waals surface area contributed by atoms with Crippen LogP contribution in [0.5, 0.6) is 0 Å². The summed E-state index contributed by atoms with van der Waals surface area (Å²) in [5.74, 6) is 0.538. The number of aromatic nitrogens is 2. The van der Waals surface area contributed by atoms with Gasteiger partial charge in [-0.2, -0.15) is 0 Å². The largest absolute Gasteiger partial charge is 0.325 e. The van der Waals surface area contributed by atoms with E-state index >= 15 is 0 Å². The van der Waals surface area contributed by atoms with Gasteiger partial charge in [0.05, 0.1) is 11.4 Å². The van der Waals surface area contributed by atoms with Crippen molar-refractivity contribution in [3.63, 3.8) is 0 Å². The molecule has 0 aliphatic rings. The third kappa shape index (κ3) is 2.34. The molecule has 0 unspecified atom stereocenters. The number of fused-ring (bicyclic) bond motifs is 1. The maximum Gasteiger partial charge on any atom is 0.137 e. The predicted molar refractivity (Wildman–Crippen MR) is 87.3 cm³/mol. The summed E-state index contributed by atoms with van der Waals surface area (Å²) in [7, 11) is 0. The normalized spacial score (nSPS) is 11.5. The molecule has 0 atom stereocenters. The Labute approximate surface area is 125 Å². The highest BCUT2D eigenvalue weighted by molar-refractivity contribution is 5.67. The SMILES string of the molecule is Cc1cccc2nc(-c3ccc(C(C)C)cc3)c(CN)n12. The average Bonchev–Trinajstić information content (AvgIpc) is 2.87. The van der Waals surface area contributed by atoms with Gasteiger partial charge in [-0.15, -0.1) is 0 Å². The number of rotatable bonds is 3. The van der Waals surface area contributed by atoms with Crippen LogP contribution in [-0.4, -0.2) is 9.38 Å². The summed E-state index contributed by atoms with van der Waals surface area (Å²) in [5, 5.41) is 0. The van der Waals surface area contributed by atoms with E-state index in [1.165, 1.54) is 5.56 Å². The van der Waals surface area contributed by atoms with E-state index in [2.05, 4.69) is 55.5 Å². The average molecular weight is 279 g/mol. The molecule has 2 N–H and O–H groups in total. The van der Waals surface area contributed by atoms with Crippen LogP contribution in [0.25, 0.3) is 16.9 Å². The topological polar surface area (TPSA) is 43.3 Å². The Morgan fingerprint density at radius 2 is 1.81 bits per heavy atom. The fourth-order valence-electron chi connectivity index (χ4n) is 2.77. The van der Waals surface area contributed by atoms with Crippen molar-refractivity contribution >= 4 is 5.65 Å². The predicted octanol–water partition coefficient (Wildman–Crippen LogP) is 3.89. The van der Waals surface area contributed by atoms with E-state index in [9.17, 15) is 0 Å². The van der Waals surface area contributed by atoms with E-state index in [0.29, 0.717) is 12.5 Å². The van der Waals surface area contributed by atoms with Crippen LogP contribution in [0.4, 0.5) is 0 Å². The molecule has 0 bridgehead atoms. The Bertz CT molecular complexity index is 767. The van der Waals surface area contributed by atoms with Crippen LogP contribution in [0.1, 0.15) is 36.7 Å². The Balaban J connectivity index is 2.18. The number of nitrogens with zero attached hydrogens (tertiary/aromatic N) is 2. The van der Waals surface area contributed by atoms with E-state index in [1.807, 2.05) is 12.1 Å². The second-order valence-electron chi connectivity index (χ2n) is 5.75. The van der Waals surface area contributed by atoms with Gasteiger partial charge in [-0.3, -0.25) is 4.40 Å². The lowest BCUT2D eigenvalue weighted by Gasteiger charge is -2.07. The number of hydrogen-bond donors (Lipinski definition) is 1. The third-order valence-corrected chi connectivity index (χ3v) is 3.98. The summed E-state index contributed by atoms with van der Waals surface area (Å²) in [4.78, 5) is 4.77. The molecule has 108 valence electrons. The van der Waals surface area contributed by atoms with E-state index < -0.39 is 0 Å². The molecule has 0 amide bonds. The Kier molecular flexibility index (Phi) is 3.52. The molecule has 0 saturated carbocycles. The van der Waals surface area contributed by atoms with Crippen molar-refractivity contribution in [2.45, 2.75) is 33.2 Å². The summed E-state index contributed by atoms with van der Waals surface area (Å²) < 4.78 is 2.14. The molecule has 3 nitrogen and oxygen atoms in total. The van der Waals surface area contributed by atoms with Crippen LogP contribution in [-0.2, 0) is 6.54 Å². The summed E-state index contributed by atoms with van der Waals surface area (Å²) >= 11 is 0. The van der Waals surface area contributed by atoms with Crippen LogP contribution in [0.3, 0.4) is 0 Å². The standard InChI is InChI=1S/C18H21N3/c1-12(2)14-7-9-15(10-8-14)18-16(11-19)21-13(3)5-4-6-17(21)20-18/h4-10,12H,11,19H2,1-3H3. The van der Waals surface area contributed by atoms with Gasteiger partial charge in [0.1, 0.15) is 5.65 Å². The molecule has 1 aromatic carbocycles. The summed E-state index contributed by atoms with van der Waals surface area (Å²) in [6.45, 7) is 6.97. The highest BCUT2D eigenvalue weighted by Crippen LogP contribution is 2.27. The van der Waals surface area contributed by atoms with Crippen molar-refractivity contribution in [2.75, 3.05) is 0 Å². The molecule has 3 aromatic rings. The van der Waals surface area contributed by atoms with E-state index in [1.54, 1.807) is 0 Å². The quantitative estimate of drug-likeness (QED) is 0.790. The minimum absolute atomic E-state index is 0.479. The molecule has 3 heteroatoms. The molecular formula is C18H21N3. The van der Waals surface area contributed by atoms with Gasteiger partial charge in [0.2, 0.25) is 0 Å². The molecule has 0 aliphatic heterocycles. The summed E-state index contributed by atoms with van der Waals surface area (Å²) in [5.41, 5.74) is 12.6. The Morgan fingerprint density at radius 1 is 1.10 bits per heavy atom. The summed E-state index contributed by atoms with van der Waals surface area (Å²) in [6, 6.07) is 14.8. The zero-order chi connectivity index (χ0) is 15.0. The van der Waals surface area contributed by atoms with Gasteiger partial charge in [0, 0.05) is 17.8 Å². The Morgan fingerprint density at radius 3 is 2.43 bits per heavy atom. The first-order valence-corrected chi connectivity index (χ1v) is 7.39. The molecule has 0 aliphatic carbocycles. The second-order valence-corrected chi connectivity index (χ2v) is 5.75. The molecule has 0 spiro atoms. The minimum atomic E-state index is 0.479. The van der Waals surface area contributed by atoms with E-state index in [4.69, 9.17) is 10.7 Å². The number of aryl methyl sites for hydroxylation is 1. The van der Waals surface area contributed by atoms with Crippen molar-refractivity contribution in [3.8, 4) is 11.3 Å². The van der Waals surface area contributed by atoms with Crippen LogP contribution in [0, 0.1) is 6.92 Å². The molecule has 0 fully saturated rings. The number of pyridine rings is 1. The van der Waals surface area contributed by atoms with Gasteiger partial charge < -0.3 is 5.73 Å². The second kappa shape index (κ2) is 5.34. The highest BCUT2D eigenvalue weighted by atomic mass is 15.0. The molecule has 0 saturated heterocycles. The Hall–Kier alpha value is -2.13. The van der Waals surface area contributed by atoms with Crippen molar-refractivity contribution in [2.24, 2.45) is 5.73 Å².